The van der Waals surface area contributed by atoms with Crippen molar-refractivity contribution in [2.24, 2.45) is 5.10 Å². The number of aromatic nitrogens is 2. The molecule has 2 aliphatic heterocycles. The van der Waals surface area contributed by atoms with Crippen LogP contribution in [0.1, 0.15) is 29.4 Å². The Morgan fingerprint density at radius 3 is 2.52 bits per heavy atom. The lowest BCUT2D eigenvalue weighted by Crippen LogP contribution is -2.41. The highest BCUT2D eigenvalue weighted by atomic mass is 32.2. The fourth-order valence-electron chi connectivity index (χ4n) is 3.24. The maximum absolute atomic E-state index is 11.7. The molecule has 1 atom stereocenters. The second-order valence-corrected chi connectivity index (χ2v) is 8.82. The maximum Gasteiger partial charge on any atom is 0.152 e. The Morgan fingerprint density at radius 2 is 1.91 bits per heavy atom. The SMILES string of the molecule is Cc1nn([C@@H]2CCS(=O)(=O)C2)c(C)c1/C=N\N1CCN(C)CC1. The molecule has 1 aromatic rings. The molecule has 0 aromatic carbocycles. The van der Waals surface area contributed by atoms with Crippen LogP contribution in [0, 0.1) is 13.8 Å². The normalized spacial score (nSPS) is 25.5. The molecule has 0 saturated carbocycles. The molecular weight excluding hydrogens is 314 g/mol. The monoisotopic (exact) mass is 339 g/mol. The minimum atomic E-state index is -2.91. The molecule has 0 N–H and O–H groups in total. The zero-order chi connectivity index (χ0) is 16.6. The van der Waals surface area contributed by atoms with Gasteiger partial charge in [0.05, 0.1) is 29.5 Å². The van der Waals surface area contributed by atoms with Gasteiger partial charge in [-0.3, -0.25) is 9.69 Å². The number of rotatable bonds is 3. The molecule has 3 rings (SSSR count). The zero-order valence-corrected chi connectivity index (χ0v) is 14.9. The van der Waals surface area contributed by atoms with Crippen molar-refractivity contribution in [2.45, 2.75) is 26.3 Å². The number of piperazine rings is 1. The van der Waals surface area contributed by atoms with E-state index in [1.165, 1.54) is 0 Å². The van der Waals surface area contributed by atoms with Crippen molar-refractivity contribution in [2.75, 3.05) is 44.7 Å². The Balaban J connectivity index is 1.76. The van der Waals surface area contributed by atoms with Crippen molar-refractivity contribution in [3.63, 3.8) is 0 Å². The smallest absolute Gasteiger partial charge is 0.152 e. The van der Waals surface area contributed by atoms with E-state index in [4.69, 9.17) is 0 Å². The van der Waals surface area contributed by atoms with Crippen LogP contribution >= 0.6 is 0 Å². The second kappa shape index (κ2) is 6.24. The van der Waals surface area contributed by atoms with Crippen LogP contribution in [0.3, 0.4) is 0 Å². The summed E-state index contributed by atoms with van der Waals surface area (Å²) < 4.78 is 25.3. The summed E-state index contributed by atoms with van der Waals surface area (Å²) in [6, 6.07) is -0.0375. The third-order valence-corrected chi connectivity index (χ3v) is 6.52. The molecule has 7 nitrogen and oxygen atoms in total. The lowest BCUT2D eigenvalue weighted by Gasteiger charge is -2.30. The van der Waals surface area contributed by atoms with E-state index in [2.05, 4.69) is 27.2 Å². The molecule has 3 heterocycles. The lowest BCUT2D eigenvalue weighted by atomic mass is 10.2. The van der Waals surface area contributed by atoms with Crippen LogP contribution < -0.4 is 0 Å². The largest absolute Gasteiger partial charge is 0.303 e. The van der Waals surface area contributed by atoms with Gasteiger partial charge in [-0.1, -0.05) is 0 Å². The van der Waals surface area contributed by atoms with Gasteiger partial charge in [-0.05, 0) is 27.3 Å². The zero-order valence-electron chi connectivity index (χ0n) is 14.1. The van der Waals surface area contributed by atoms with Crippen LogP contribution in [0.2, 0.25) is 0 Å². The summed E-state index contributed by atoms with van der Waals surface area (Å²) in [5.41, 5.74) is 2.92. The molecule has 8 heteroatoms. The van der Waals surface area contributed by atoms with E-state index in [1.54, 1.807) is 0 Å². The first kappa shape index (κ1) is 16.4. The molecule has 1 aromatic heterocycles. The number of hydrazone groups is 1. The molecule has 0 spiro atoms. The van der Waals surface area contributed by atoms with Gasteiger partial charge in [0.25, 0.3) is 0 Å². The highest BCUT2D eigenvalue weighted by molar-refractivity contribution is 7.91. The average Bonchev–Trinajstić information content (AvgIpc) is 2.99. The van der Waals surface area contributed by atoms with Crippen LogP contribution in [0.25, 0.3) is 0 Å². The van der Waals surface area contributed by atoms with Crippen LogP contribution in [0.15, 0.2) is 5.10 Å². The third kappa shape index (κ3) is 3.58. The summed E-state index contributed by atoms with van der Waals surface area (Å²) in [6.07, 6.45) is 2.53. The van der Waals surface area contributed by atoms with Gasteiger partial charge in [0, 0.05) is 37.4 Å². The molecular formula is C15H25N5O2S. The first-order valence-electron chi connectivity index (χ1n) is 8.09. The summed E-state index contributed by atoms with van der Waals surface area (Å²) in [4.78, 5) is 2.29. The van der Waals surface area contributed by atoms with E-state index in [9.17, 15) is 8.42 Å². The molecule has 23 heavy (non-hydrogen) atoms. The van der Waals surface area contributed by atoms with E-state index >= 15 is 0 Å². The average molecular weight is 339 g/mol. The van der Waals surface area contributed by atoms with Crippen molar-refractivity contribution in [3.8, 4) is 0 Å². The van der Waals surface area contributed by atoms with Crippen LogP contribution in [-0.4, -0.2) is 79.1 Å². The summed E-state index contributed by atoms with van der Waals surface area (Å²) in [6.45, 7) is 7.86. The molecule has 2 aliphatic rings. The molecule has 0 amide bonds. The van der Waals surface area contributed by atoms with Crippen LogP contribution in [0.5, 0.6) is 0 Å². The summed E-state index contributed by atoms with van der Waals surface area (Å²) >= 11 is 0. The lowest BCUT2D eigenvalue weighted by molar-refractivity contribution is 0.159. The van der Waals surface area contributed by atoms with E-state index < -0.39 is 9.84 Å². The summed E-state index contributed by atoms with van der Waals surface area (Å²) in [7, 11) is -0.786. The van der Waals surface area contributed by atoms with Crippen LogP contribution in [-0.2, 0) is 9.84 Å². The molecule has 2 saturated heterocycles. The van der Waals surface area contributed by atoms with Gasteiger partial charge in [-0.15, -0.1) is 0 Å². The summed E-state index contributed by atoms with van der Waals surface area (Å²) in [5, 5.41) is 11.2. The number of hydrogen-bond acceptors (Lipinski definition) is 6. The molecule has 0 radical (unpaired) electrons. The number of sulfone groups is 1. The number of nitrogens with zero attached hydrogens (tertiary/aromatic N) is 5. The van der Waals surface area contributed by atoms with Crippen molar-refractivity contribution in [1.29, 1.82) is 0 Å². The van der Waals surface area contributed by atoms with Gasteiger partial charge in [-0.25, -0.2) is 8.42 Å². The quantitative estimate of drug-likeness (QED) is 0.748. The van der Waals surface area contributed by atoms with E-state index in [1.807, 2.05) is 24.7 Å². The predicted molar refractivity (Wildman–Crippen MR) is 90.7 cm³/mol. The van der Waals surface area contributed by atoms with Crippen molar-refractivity contribution in [3.05, 3.63) is 17.0 Å². The standard InChI is InChI=1S/C15H25N5O2S/c1-12-15(10-16-19-7-5-18(3)6-8-19)13(2)20(17-12)14-4-9-23(21,22)11-14/h10,14H,4-9,11H2,1-3H3/b16-10-/t14-/m1/s1. The fraction of sp³-hybridized carbons (Fsp3) is 0.733. The Kier molecular flexibility index (Phi) is 4.46. The van der Waals surface area contributed by atoms with Crippen molar-refractivity contribution in [1.82, 2.24) is 19.7 Å². The summed E-state index contributed by atoms with van der Waals surface area (Å²) in [5.74, 6) is 0.463. The second-order valence-electron chi connectivity index (χ2n) is 6.59. The fourth-order valence-corrected chi connectivity index (χ4v) is 4.93. The number of likely N-dealkylation sites (N-methyl/N-ethyl adjacent to an activating group) is 1. The Morgan fingerprint density at radius 1 is 1.22 bits per heavy atom. The maximum atomic E-state index is 11.7. The first-order valence-corrected chi connectivity index (χ1v) is 9.91. The van der Waals surface area contributed by atoms with E-state index in [0.29, 0.717) is 6.42 Å². The highest BCUT2D eigenvalue weighted by Gasteiger charge is 2.31. The van der Waals surface area contributed by atoms with Gasteiger partial charge in [0.2, 0.25) is 0 Å². The van der Waals surface area contributed by atoms with Crippen LogP contribution in [0.4, 0.5) is 0 Å². The minimum Gasteiger partial charge on any atom is -0.303 e. The third-order valence-electron chi connectivity index (χ3n) is 4.77. The van der Waals surface area contributed by atoms with Gasteiger partial charge in [0.1, 0.15) is 0 Å². The topological polar surface area (TPSA) is 70.8 Å². The minimum absolute atomic E-state index is 0.0375. The van der Waals surface area contributed by atoms with Crippen molar-refractivity contribution >= 4 is 16.1 Å². The van der Waals surface area contributed by atoms with Crippen molar-refractivity contribution < 1.29 is 8.42 Å². The molecule has 0 bridgehead atoms. The predicted octanol–water partition coefficient (Wildman–Crippen LogP) is 0.441. The van der Waals surface area contributed by atoms with E-state index in [-0.39, 0.29) is 17.5 Å². The van der Waals surface area contributed by atoms with E-state index in [0.717, 1.165) is 43.1 Å². The van der Waals surface area contributed by atoms with Gasteiger partial charge >= 0.3 is 0 Å². The molecule has 0 unspecified atom stereocenters. The Labute approximate surface area is 137 Å². The molecule has 128 valence electrons. The first-order chi connectivity index (χ1) is 10.9. The number of hydrogen-bond donors (Lipinski definition) is 0. The Bertz CT molecular complexity index is 702. The highest BCUT2D eigenvalue weighted by Crippen LogP contribution is 2.26. The Hall–Kier alpha value is -1.41. The van der Waals surface area contributed by atoms with Gasteiger partial charge < -0.3 is 4.90 Å². The number of aryl methyl sites for hydroxylation is 1. The van der Waals surface area contributed by atoms with Gasteiger partial charge in [-0.2, -0.15) is 10.2 Å². The molecule has 2 fully saturated rings. The van der Waals surface area contributed by atoms with Gasteiger partial charge in [0.15, 0.2) is 9.84 Å². The molecule has 0 aliphatic carbocycles.